The molecule has 5 amide bonds. The van der Waals surface area contributed by atoms with Crippen molar-refractivity contribution in [1.29, 1.82) is 0 Å². The third-order valence-corrected chi connectivity index (χ3v) is 14.0. The number of aryl methyl sites for hydroxylation is 1. The second kappa shape index (κ2) is 15.3. The maximum absolute atomic E-state index is 14.6. The molecule has 56 heavy (non-hydrogen) atoms. The number of benzene rings is 1. The van der Waals surface area contributed by atoms with Crippen molar-refractivity contribution < 1.29 is 46.2 Å². The Morgan fingerprint density at radius 3 is 2.57 bits per heavy atom. The molecular formula is C39H51FN6O9S. The molecule has 7 rings (SSSR count). The number of fused-ring (bicyclic) bond motifs is 3. The van der Waals surface area contributed by atoms with E-state index in [-0.39, 0.29) is 38.9 Å². The number of likely N-dealkylation sites (tertiary alicyclic amines) is 1. The van der Waals surface area contributed by atoms with Crippen molar-refractivity contribution >= 4 is 44.7 Å². The number of sulfonamides is 1. The van der Waals surface area contributed by atoms with Gasteiger partial charge in [0.15, 0.2) is 0 Å². The molecule has 3 aliphatic heterocycles. The number of nitrogens with one attached hydrogen (secondary N) is 3. The van der Waals surface area contributed by atoms with Crippen molar-refractivity contribution in [3.05, 3.63) is 35.9 Å². The standard InChI is InChI=1S/C39H51FN6O9S/c1-5-54-32-18-31(27-13-14-30(53-4)23(2)33(27)42-32)55-26-17-29-34(47)43-39(36(49)44-56(51,52)38(3)15-16-38)19-24(39)11-9-7-6-8-10-12-28(35(48)46(29)22-26)41-37(50)45-20-25(40)21-45/h9,11,13-14,18,24-26,28-29H,5-8,10,12,15-17,19-22H2,1-4H3,(H,41,50)(H,43,47)(H,44,49)/b11-9-/t24-,26-,28+,29+,39-/m1/s1. The number of ether oxygens (including phenoxy) is 3. The Hall–Kier alpha value is -4.67. The zero-order valence-electron chi connectivity index (χ0n) is 32.3. The third-order valence-electron chi connectivity index (χ3n) is 11.8. The first-order chi connectivity index (χ1) is 26.7. The molecule has 2 aromatic rings. The van der Waals surface area contributed by atoms with Crippen molar-refractivity contribution in [2.45, 2.75) is 113 Å². The first kappa shape index (κ1) is 39.6. The lowest BCUT2D eigenvalue weighted by atomic mass is 10.0. The van der Waals surface area contributed by atoms with Crippen LogP contribution < -0.4 is 29.6 Å². The number of pyridine rings is 1. The predicted octanol–water partition coefficient (Wildman–Crippen LogP) is 3.42. The highest BCUT2D eigenvalue weighted by Crippen LogP contribution is 2.47. The summed E-state index contributed by atoms with van der Waals surface area (Å²) in [4.78, 5) is 63.5. The Morgan fingerprint density at radius 1 is 1.11 bits per heavy atom. The van der Waals surface area contributed by atoms with E-state index >= 15 is 0 Å². The molecule has 1 aromatic carbocycles. The molecule has 0 spiro atoms. The van der Waals surface area contributed by atoms with Gasteiger partial charge in [-0.15, -0.1) is 0 Å². The molecule has 15 nitrogen and oxygen atoms in total. The lowest BCUT2D eigenvalue weighted by molar-refractivity contribution is -0.141. The van der Waals surface area contributed by atoms with Crippen molar-refractivity contribution in [1.82, 2.24) is 30.1 Å². The Kier molecular flexibility index (Phi) is 10.8. The van der Waals surface area contributed by atoms with E-state index in [9.17, 15) is 32.0 Å². The van der Waals surface area contributed by atoms with Crippen LogP contribution in [-0.2, 0) is 24.4 Å². The minimum atomic E-state index is -4.01. The summed E-state index contributed by atoms with van der Waals surface area (Å²) in [5, 5.41) is 6.34. The molecule has 17 heteroatoms. The molecule has 2 saturated heterocycles. The number of hydrogen-bond donors (Lipinski definition) is 3. The molecule has 1 aromatic heterocycles. The van der Waals surface area contributed by atoms with Crippen LogP contribution in [0, 0.1) is 12.8 Å². The predicted molar refractivity (Wildman–Crippen MR) is 203 cm³/mol. The van der Waals surface area contributed by atoms with Crippen LogP contribution in [0.1, 0.15) is 77.2 Å². The van der Waals surface area contributed by atoms with Gasteiger partial charge in [-0.3, -0.25) is 19.1 Å². The van der Waals surface area contributed by atoms with Crippen LogP contribution in [0.2, 0.25) is 0 Å². The number of carbonyl (C=O) groups is 4. The van der Waals surface area contributed by atoms with E-state index in [0.29, 0.717) is 60.6 Å². The minimum Gasteiger partial charge on any atom is -0.496 e. The number of alkyl halides is 1. The number of amides is 5. The van der Waals surface area contributed by atoms with E-state index in [2.05, 4.69) is 20.3 Å². The van der Waals surface area contributed by atoms with Crippen LogP contribution in [0.4, 0.5) is 9.18 Å². The number of halogens is 1. The molecule has 0 bridgehead atoms. The van der Waals surface area contributed by atoms with Gasteiger partial charge in [0.1, 0.15) is 41.4 Å². The van der Waals surface area contributed by atoms with Gasteiger partial charge in [-0.25, -0.2) is 22.6 Å². The third kappa shape index (κ3) is 7.70. The molecule has 2 saturated carbocycles. The number of hydrogen-bond acceptors (Lipinski definition) is 10. The molecule has 5 aliphatic rings. The lowest BCUT2D eigenvalue weighted by Gasteiger charge is -2.36. The zero-order chi connectivity index (χ0) is 40.0. The number of nitrogens with zero attached hydrogens (tertiary/aromatic N) is 3. The van der Waals surface area contributed by atoms with Crippen LogP contribution in [0.5, 0.6) is 17.4 Å². The molecule has 304 valence electrons. The van der Waals surface area contributed by atoms with E-state index in [1.807, 2.05) is 32.1 Å². The van der Waals surface area contributed by atoms with Crippen LogP contribution >= 0.6 is 0 Å². The van der Waals surface area contributed by atoms with Gasteiger partial charge < -0.3 is 34.6 Å². The molecular weight excluding hydrogens is 748 g/mol. The average molecular weight is 799 g/mol. The quantitative estimate of drug-likeness (QED) is 0.318. The summed E-state index contributed by atoms with van der Waals surface area (Å²) >= 11 is 0. The second-order valence-electron chi connectivity index (χ2n) is 15.9. The summed E-state index contributed by atoms with van der Waals surface area (Å²) in [7, 11) is -2.44. The van der Waals surface area contributed by atoms with Gasteiger partial charge in [-0.2, -0.15) is 0 Å². The number of methoxy groups -OCH3 is 1. The lowest BCUT2D eigenvalue weighted by Crippen LogP contribution is -2.61. The molecule has 4 heterocycles. The smallest absolute Gasteiger partial charge is 0.318 e. The summed E-state index contributed by atoms with van der Waals surface area (Å²) in [5.74, 6) is -1.09. The summed E-state index contributed by atoms with van der Waals surface area (Å²) in [6.45, 7) is 5.44. The van der Waals surface area contributed by atoms with Crippen molar-refractivity contribution in [2.24, 2.45) is 5.92 Å². The van der Waals surface area contributed by atoms with Gasteiger partial charge in [-0.05, 0) is 71.4 Å². The summed E-state index contributed by atoms with van der Waals surface area (Å²) < 4.78 is 59.2. The Balaban J connectivity index is 1.21. The minimum absolute atomic E-state index is 0.0192. The first-order valence-electron chi connectivity index (χ1n) is 19.5. The molecule has 5 atom stereocenters. The molecule has 0 radical (unpaired) electrons. The van der Waals surface area contributed by atoms with Crippen LogP contribution in [0.15, 0.2) is 30.4 Å². The van der Waals surface area contributed by atoms with E-state index in [1.54, 1.807) is 26.2 Å². The maximum atomic E-state index is 14.6. The van der Waals surface area contributed by atoms with Crippen LogP contribution in [0.25, 0.3) is 10.9 Å². The van der Waals surface area contributed by atoms with E-state index in [0.717, 1.165) is 18.4 Å². The first-order valence-corrected chi connectivity index (χ1v) is 21.0. The Labute approximate surface area is 326 Å². The van der Waals surface area contributed by atoms with Gasteiger partial charge in [0.05, 0.1) is 43.6 Å². The van der Waals surface area contributed by atoms with Gasteiger partial charge in [0.25, 0.3) is 5.91 Å². The fraction of sp³-hybridized carbons (Fsp3) is 0.615. The zero-order valence-corrected chi connectivity index (χ0v) is 33.1. The fourth-order valence-electron chi connectivity index (χ4n) is 7.85. The summed E-state index contributed by atoms with van der Waals surface area (Å²) in [6, 6.07) is 2.54. The number of allylic oxidation sites excluding steroid dienone is 1. The number of rotatable bonds is 9. The summed E-state index contributed by atoms with van der Waals surface area (Å²) in [6.07, 6.45) is 6.04. The van der Waals surface area contributed by atoms with Gasteiger partial charge >= 0.3 is 6.03 Å². The van der Waals surface area contributed by atoms with Crippen LogP contribution in [-0.4, -0.2) is 115 Å². The van der Waals surface area contributed by atoms with E-state index < -0.39 is 74.3 Å². The highest BCUT2D eigenvalue weighted by Gasteiger charge is 2.63. The molecule has 4 fully saturated rings. The highest BCUT2D eigenvalue weighted by molar-refractivity contribution is 7.91. The fourth-order valence-corrected chi connectivity index (χ4v) is 9.17. The van der Waals surface area contributed by atoms with Crippen molar-refractivity contribution in [3.8, 4) is 17.4 Å². The maximum Gasteiger partial charge on any atom is 0.318 e. The highest BCUT2D eigenvalue weighted by atomic mass is 32.2. The largest absolute Gasteiger partial charge is 0.496 e. The van der Waals surface area contributed by atoms with Gasteiger partial charge in [0, 0.05) is 29.4 Å². The van der Waals surface area contributed by atoms with Crippen LogP contribution in [0.3, 0.4) is 0 Å². The van der Waals surface area contributed by atoms with Gasteiger partial charge in [-0.1, -0.05) is 25.0 Å². The van der Waals surface area contributed by atoms with E-state index in [4.69, 9.17) is 14.2 Å². The summed E-state index contributed by atoms with van der Waals surface area (Å²) in [5.41, 5.74) is -0.191. The average Bonchev–Trinajstić information content (AvgIpc) is 4.02. The number of urea groups is 1. The van der Waals surface area contributed by atoms with Crippen molar-refractivity contribution in [3.63, 3.8) is 0 Å². The monoisotopic (exact) mass is 798 g/mol. The Morgan fingerprint density at radius 2 is 1.88 bits per heavy atom. The molecule has 2 aliphatic carbocycles. The molecule has 3 N–H and O–H groups in total. The van der Waals surface area contributed by atoms with Gasteiger partial charge in [0.2, 0.25) is 27.7 Å². The SMILES string of the molecule is CCOc1cc(O[C@@H]2C[C@H]3C(=O)N[C@]4(C(=O)NS(=O)(=O)C5(C)CC5)C[C@H]4/C=C\CCCCC[C@H](NC(=O)N4CC(F)C4)C(=O)N3C2)c2ccc(OC)c(C)c2n1. The number of aromatic nitrogens is 1. The topological polar surface area (TPSA) is 186 Å². The molecule has 0 unspecified atom stereocenters. The van der Waals surface area contributed by atoms with E-state index in [1.165, 1.54) is 9.80 Å². The second-order valence-corrected chi connectivity index (χ2v) is 18.1. The Bertz CT molecular complexity index is 2040. The normalized spacial score (nSPS) is 28.4. The van der Waals surface area contributed by atoms with Crippen molar-refractivity contribution in [2.75, 3.05) is 33.4 Å². The number of carbonyl (C=O) groups excluding carboxylic acids is 4.